The molecule has 2 aromatic carbocycles. The van der Waals surface area contributed by atoms with Crippen LogP contribution in [0.15, 0.2) is 46.9 Å². The Kier molecular flexibility index (Phi) is 5.34. The Labute approximate surface area is 169 Å². The number of nitrogen functional groups attached to an aromatic ring is 1. The molecule has 0 unspecified atom stereocenters. The summed E-state index contributed by atoms with van der Waals surface area (Å²) in [7, 11) is 0. The van der Waals surface area contributed by atoms with Crippen molar-refractivity contribution in [2.45, 2.75) is 13.8 Å². The number of benzene rings is 2. The fourth-order valence-electron chi connectivity index (χ4n) is 2.77. The molecule has 0 aliphatic heterocycles. The van der Waals surface area contributed by atoms with Gasteiger partial charge in [-0.25, -0.2) is 4.79 Å². The maximum Gasteiger partial charge on any atom is 0.340 e. The van der Waals surface area contributed by atoms with Crippen LogP contribution in [0, 0.1) is 13.8 Å². The molecule has 138 valence electrons. The molecular formula is C20H17BrN2O3S. The van der Waals surface area contributed by atoms with E-state index in [0.29, 0.717) is 10.6 Å². The van der Waals surface area contributed by atoms with Crippen LogP contribution in [0.4, 0.5) is 16.4 Å². The molecule has 1 heterocycles. The van der Waals surface area contributed by atoms with Crippen LogP contribution < -0.4 is 11.1 Å². The lowest BCUT2D eigenvalue weighted by atomic mass is 10.1. The third kappa shape index (κ3) is 3.74. The lowest BCUT2D eigenvalue weighted by Gasteiger charge is -2.11. The standard InChI is InChI=1S/C20H17BrN2O3S/c1-10-4-3-5-11(2)16(10)23-19-14(20(25)26)15(22)18(27-19)17(24)12-6-8-13(21)9-7-12/h3-9,23H,22H2,1-2H3,(H,25,26). The molecule has 0 radical (unpaired) electrons. The van der Waals surface area contributed by atoms with E-state index in [4.69, 9.17) is 5.73 Å². The van der Waals surface area contributed by atoms with Gasteiger partial charge in [-0.15, -0.1) is 11.3 Å². The Balaban J connectivity index is 2.08. The minimum absolute atomic E-state index is 0.0193. The molecule has 27 heavy (non-hydrogen) atoms. The van der Waals surface area contributed by atoms with Crippen molar-refractivity contribution in [1.29, 1.82) is 0 Å². The summed E-state index contributed by atoms with van der Waals surface area (Å²) in [6.45, 7) is 3.86. The number of ketones is 1. The molecule has 3 aromatic rings. The minimum atomic E-state index is -1.17. The van der Waals surface area contributed by atoms with Crippen molar-refractivity contribution >= 4 is 55.4 Å². The van der Waals surface area contributed by atoms with Gasteiger partial charge in [0.1, 0.15) is 15.4 Å². The second-order valence-electron chi connectivity index (χ2n) is 6.08. The van der Waals surface area contributed by atoms with E-state index in [1.54, 1.807) is 24.3 Å². The van der Waals surface area contributed by atoms with Crippen LogP contribution in [0.3, 0.4) is 0 Å². The van der Waals surface area contributed by atoms with Crippen LogP contribution in [0.2, 0.25) is 0 Å². The SMILES string of the molecule is Cc1cccc(C)c1Nc1sc(C(=O)c2ccc(Br)cc2)c(N)c1C(=O)O. The zero-order valence-corrected chi connectivity index (χ0v) is 17.1. The summed E-state index contributed by atoms with van der Waals surface area (Å²) >= 11 is 4.39. The summed E-state index contributed by atoms with van der Waals surface area (Å²) in [4.78, 5) is 24.8. The Morgan fingerprint density at radius 3 is 2.22 bits per heavy atom. The molecule has 0 fully saturated rings. The number of hydrogen-bond acceptors (Lipinski definition) is 5. The average molecular weight is 445 g/mol. The quantitative estimate of drug-likeness (QED) is 0.459. The third-order valence-corrected chi connectivity index (χ3v) is 5.84. The van der Waals surface area contributed by atoms with Crippen molar-refractivity contribution in [2.24, 2.45) is 0 Å². The molecule has 0 saturated heterocycles. The van der Waals surface area contributed by atoms with E-state index < -0.39 is 5.97 Å². The maximum atomic E-state index is 12.8. The molecule has 0 spiro atoms. The molecule has 0 aliphatic carbocycles. The monoisotopic (exact) mass is 444 g/mol. The van der Waals surface area contributed by atoms with E-state index in [-0.39, 0.29) is 21.9 Å². The van der Waals surface area contributed by atoms with Gasteiger partial charge in [-0.2, -0.15) is 0 Å². The highest BCUT2D eigenvalue weighted by Crippen LogP contribution is 2.40. The van der Waals surface area contributed by atoms with Gasteiger partial charge in [0, 0.05) is 15.7 Å². The van der Waals surface area contributed by atoms with Crippen molar-refractivity contribution in [3.8, 4) is 0 Å². The number of thiophene rings is 1. The molecule has 4 N–H and O–H groups in total. The molecule has 3 rings (SSSR count). The lowest BCUT2D eigenvalue weighted by Crippen LogP contribution is -2.06. The molecular weight excluding hydrogens is 428 g/mol. The number of hydrogen-bond donors (Lipinski definition) is 3. The number of halogens is 1. The molecule has 0 aliphatic rings. The predicted octanol–water partition coefficient (Wildman–Crippen LogP) is 5.38. The summed E-state index contributed by atoms with van der Waals surface area (Å²) in [5.41, 5.74) is 9.16. The van der Waals surface area contributed by atoms with Crippen LogP contribution in [-0.4, -0.2) is 16.9 Å². The van der Waals surface area contributed by atoms with E-state index in [1.165, 1.54) is 0 Å². The van der Waals surface area contributed by atoms with Gasteiger partial charge in [-0.1, -0.05) is 34.1 Å². The Morgan fingerprint density at radius 1 is 1.07 bits per heavy atom. The van der Waals surface area contributed by atoms with Gasteiger partial charge >= 0.3 is 5.97 Å². The predicted molar refractivity (Wildman–Crippen MR) is 112 cm³/mol. The van der Waals surface area contributed by atoms with Gasteiger partial charge in [-0.3, -0.25) is 4.79 Å². The molecule has 0 saturated carbocycles. The zero-order chi connectivity index (χ0) is 19.7. The average Bonchev–Trinajstić information content (AvgIpc) is 2.94. The van der Waals surface area contributed by atoms with Crippen molar-refractivity contribution < 1.29 is 14.7 Å². The highest BCUT2D eigenvalue weighted by Gasteiger charge is 2.26. The van der Waals surface area contributed by atoms with Gasteiger partial charge in [0.2, 0.25) is 5.78 Å². The molecule has 7 heteroatoms. The second kappa shape index (κ2) is 7.54. The number of aromatic carboxylic acids is 1. The number of carboxylic acid groups (broad SMARTS) is 1. The normalized spacial score (nSPS) is 10.6. The summed E-state index contributed by atoms with van der Waals surface area (Å²) in [5.74, 6) is -1.48. The smallest absolute Gasteiger partial charge is 0.340 e. The molecule has 5 nitrogen and oxygen atoms in total. The van der Waals surface area contributed by atoms with E-state index >= 15 is 0 Å². The Bertz CT molecular complexity index is 1020. The van der Waals surface area contributed by atoms with Crippen molar-refractivity contribution in [3.05, 3.63) is 74.1 Å². The first-order valence-electron chi connectivity index (χ1n) is 8.08. The van der Waals surface area contributed by atoms with E-state index in [2.05, 4.69) is 21.2 Å². The zero-order valence-electron chi connectivity index (χ0n) is 14.7. The first kappa shape index (κ1) is 19.1. The maximum absolute atomic E-state index is 12.8. The number of anilines is 3. The Morgan fingerprint density at radius 2 is 1.67 bits per heavy atom. The van der Waals surface area contributed by atoms with Crippen molar-refractivity contribution in [3.63, 3.8) is 0 Å². The summed E-state index contributed by atoms with van der Waals surface area (Å²) in [6, 6.07) is 12.6. The van der Waals surface area contributed by atoms with Gasteiger partial charge in [0.15, 0.2) is 0 Å². The third-order valence-electron chi connectivity index (χ3n) is 4.19. The fraction of sp³-hybridized carbons (Fsp3) is 0.100. The van der Waals surface area contributed by atoms with Crippen LogP contribution in [0.25, 0.3) is 0 Å². The lowest BCUT2D eigenvalue weighted by molar-refractivity contribution is 0.0699. The van der Waals surface area contributed by atoms with Crippen LogP contribution >= 0.6 is 27.3 Å². The van der Waals surface area contributed by atoms with E-state index in [9.17, 15) is 14.7 Å². The second-order valence-corrected chi connectivity index (χ2v) is 8.02. The van der Waals surface area contributed by atoms with Gasteiger partial charge < -0.3 is 16.2 Å². The van der Waals surface area contributed by atoms with E-state index in [1.807, 2.05) is 32.0 Å². The van der Waals surface area contributed by atoms with Crippen LogP contribution in [0.1, 0.15) is 36.7 Å². The topological polar surface area (TPSA) is 92.4 Å². The van der Waals surface area contributed by atoms with Gasteiger partial charge in [0.25, 0.3) is 0 Å². The van der Waals surface area contributed by atoms with Crippen molar-refractivity contribution in [2.75, 3.05) is 11.1 Å². The fourth-order valence-corrected chi connectivity index (χ4v) is 4.11. The highest BCUT2D eigenvalue weighted by atomic mass is 79.9. The number of carbonyl (C=O) groups is 2. The first-order valence-corrected chi connectivity index (χ1v) is 9.69. The summed E-state index contributed by atoms with van der Waals surface area (Å²) in [5, 5.41) is 13.1. The number of carboxylic acids is 1. The van der Waals surface area contributed by atoms with Crippen molar-refractivity contribution in [1.82, 2.24) is 0 Å². The number of aryl methyl sites for hydroxylation is 2. The highest BCUT2D eigenvalue weighted by molar-refractivity contribution is 9.10. The first-order chi connectivity index (χ1) is 12.8. The number of para-hydroxylation sites is 1. The Hall–Kier alpha value is -2.64. The number of rotatable bonds is 5. The molecule has 1 aromatic heterocycles. The summed E-state index contributed by atoms with van der Waals surface area (Å²) < 4.78 is 0.849. The molecule has 0 atom stereocenters. The van der Waals surface area contributed by atoms with Crippen LogP contribution in [0.5, 0.6) is 0 Å². The minimum Gasteiger partial charge on any atom is -0.478 e. The molecule has 0 bridgehead atoms. The number of nitrogens with one attached hydrogen (secondary N) is 1. The molecule has 0 amide bonds. The van der Waals surface area contributed by atoms with Crippen LogP contribution in [-0.2, 0) is 0 Å². The van der Waals surface area contributed by atoms with Gasteiger partial charge in [0.05, 0.1) is 5.69 Å². The number of nitrogens with two attached hydrogens (primary N) is 1. The van der Waals surface area contributed by atoms with E-state index in [0.717, 1.165) is 32.6 Å². The summed E-state index contributed by atoms with van der Waals surface area (Å²) in [6.07, 6.45) is 0. The number of carbonyl (C=O) groups excluding carboxylic acids is 1. The largest absolute Gasteiger partial charge is 0.478 e. The van der Waals surface area contributed by atoms with Gasteiger partial charge in [-0.05, 0) is 49.2 Å².